The number of aryl methyl sites for hydroxylation is 2. The van der Waals surface area contributed by atoms with E-state index >= 15 is 0 Å². The maximum Gasteiger partial charge on any atom is 0.263 e. The summed E-state index contributed by atoms with van der Waals surface area (Å²) < 4.78 is 6.00. The van der Waals surface area contributed by atoms with E-state index in [9.17, 15) is 4.79 Å². The van der Waals surface area contributed by atoms with Crippen molar-refractivity contribution in [1.29, 1.82) is 0 Å². The van der Waals surface area contributed by atoms with Gasteiger partial charge in [-0.25, -0.2) is 9.97 Å². The van der Waals surface area contributed by atoms with E-state index in [1.165, 1.54) is 11.1 Å². The minimum Gasteiger partial charge on any atom is -0.436 e. The van der Waals surface area contributed by atoms with Crippen molar-refractivity contribution in [2.75, 3.05) is 23.3 Å². The Hall–Kier alpha value is -3.41. The average Bonchev–Trinajstić information content (AvgIpc) is 2.81. The highest BCUT2D eigenvalue weighted by Crippen LogP contribution is 2.31. The van der Waals surface area contributed by atoms with Gasteiger partial charge in [0, 0.05) is 37.1 Å². The van der Waals surface area contributed by atoms with E-state index in [1.807, 2.05) is 43.3 Å². The average molecular weight is 417 g/mol. The van der Waals surface area contributed by atoms with Crippen molar-refractivity contribution < 1.29 is 9.53 Å². The lowest BCUT2D eigenvalue weighted by Crippen LogP contribution is -2.38. The minimum atomic E-state index is -0.0137. The van der Waals surface area contributed by atoms with Crippen LogP contribution in [0.15, 0.2) is 60.9 Å². The molecular formula is C25H28N4O2. The van der Waals surface area contributed by atoms with Gasteiger partial charge in [0.15, 0.2) is 5.82 Å². The highest BCUT2D eigenvalue weighted by Gasteiger charge is 2.27. The Balaban J connectivity index is 1.37. The van der Waals surface area contributed by atoms with E-state index in [0.717, 1.165) is 49.6 Å². The van der Waals surface area contributed by atoms with Gasteiger partial charge in [0.2, 0.25) is 5.91 Å². The Morgan fingerprint density at radius 2 is 1.71 bits per heavy atom. The van der Waals surface area contributed by atoms with Crippen LogP contribution in [0.1, 0.15) is 30.9 Å². The number of carbonyl (C=O) groups excluding carboxylic acids is 1. The van der Waals surface area contributed by atoms with E-state index in [1.54, 1.807) is 12.4 Å². The van der Waals surface area contributed by atoms with Crippen molar-refractivity contribution in [3.05, 3.63) is 72.1 Å². The fraction of sp³-hybridized carbons (Fsp3) is 0.320. The van der Waals surface area contributed by atoms with Crippen LogP contribution in [0.2, 0.25) is 0 Å². The van der Waals surface area contributed by atoms with Crippen LogP contribution in [0.3, 0.4) is 0 Å². The van der Waals surface area contributed by atoms with Gasteiger partial charge in [-0.1, -0.05) is 36.8 Å². The first kappa shape index (κ1) is 20.8. The van der Waals surface area contributed by atoms with E-state index in [-0.39, 0.29) is 11.8 Å². The predicted octanol–water partition coefficient (Wildman–Crippen LogP) is 4.99. The van der Waals surface area contributed by atoms with Crippen LogP contribution in [0.25, 0.3) is 0 Å². The van der Waals surface area contributed by atoms with Crippen molar-refractivity contribution in [2.24, 2.45) is 5.92 Å². The van der Waals surface area contributed by atoms with Crippen molar-refractivity contribution >= 4 is 17.4 Å². The van der Waals surface area contributed by atoms with Gasteiger partial charge in [0.05, 0.1) is 0 Å². The number of ether oxygens (including phenoxy) is 1. The monoisotopic (exact) mass is 416 g/mol. The van der Waals surface area contributed by atoms with Crippen molar-refractivity contribution in [1.82, 2.24) is 9.97 Å². The minimum absolute atomic E-state index is 0.0137. The summed E-state index contributed by atoms with van der Waals surface area (Å²) in [5, 5.41) is 3.06. The molecule has 0 aliphatic carbocycles. The summed E-state index contributed by atoms with van der Waals surface area (Å²) in [7, 11) is 0. The van der Waals surface area contributed by atoms with Crippen molar-refractivity contribution in [2.45, 2.75) is 33.1 Å². The molecule has 160 valence electrons. The second-order valence-corrected chi connectivity index (χ2v) is 7.90. The number of carbonyl (C=O) groups is 1. The molecule has 0 unspecified atom stereocenters. The normalized spacial score (nSPS) is 14.3. The lowest BCUT2D eigenvalue weighted by Gasteiger charge is -2.32. The summed E-state index contributed by atoms with van der Waals surface area (Å²) >= 11 is 0. The number of nitrogens with zero attached hydrogens (tertiary/aromatic N) is 3. The summed E-state index contributed by atoms with van der Waals surface area (Å²) in [6, 6.07) is 15.9. The first-order valence-electron chi connectivity index (χ1n) is 10.8. The van der Waals surface area contributed by atoms with E-state index < -0.39 is 0 Å². The maximum atomic E-state index is 12.7. The zero-order valence-corrected chi connectivity index (χ0v) is 18.0. The number of nitrogens with one attached hydrogen (secondary N) is 1. The molecule has 0 saturated carbocycles. The van der Waals surface area contributed by atoms with Gasteiger partial charge < -0.3 is 15.0 Å². The molecule has 0 bridgehead atoms. The van der Waals surface area contributed by atoms with Gasteiger partial charge >= 0.3 is 0 Å². The molecule has 1 aliphatic rings. The van der Waals surface area contributed by atoms with Crippen LogP contribution < -0.4 is 15.0 Å². The largest absolute Gasteiger partial charge is 0.436 e. The fourth-order valence-corrected chi connectivity index (χ4v) is 3.75. The Kier molecular flexibility index (Phi) is 6.46. The van der Waals surface area contributed by atoms with E-state index in [0.29, 0.717) is 5.88 Å². The SMILES string of the molecule is CCc1ccc(NC(=O)C2CCN(c3nccnc3Oc3ccc(C)cc3)CC2)cc1. The van der Waals surface area contributed by atoms with Gasteiger partial charge in [0.25, 0.3) is 5.88 Å². The van der Waals surface area contributed by atoms with Crippen LogP contribution >= 0.6 is 0 Å². The van der Waals surface area contributed by atoms with Gasteiger partial charge in [0.1, 0.15) is 5.75 Å². The molecule has 1 aromatic heterocycles. The van der Waals surface area contributed by atoms with Crippen LogP contribution in [0.5, 0.6) is 11.6 Å². The summed E-state index contributed by atoms with van der Waals surface area (Å²) in [6.45, 7) is 5.62. The molecule has 1 amide bonds. The topological polar surface area (TPSA) is 67.4 Å². The number of amides is 1. The number of anilines is 2. The summed E-state index contributed by atoms with van der Waals surface area (Å²) in [5.74, 6) is 2.01. The molecule has 0 spiro atoms. The quantitative estimate of drug-likeness (QED) is 0.613. The molecule has 31 heavy (non-hydrogen) atoms. The molecule has 3 aromatic rings. The summed E-state index contributed by atoms with van der Waals surface area (Å²) in [4.78, 5) is 23.8. The zero-order valence-electron chi connectivity index (χ0n) is 18.0. The number of benzene rings is 2. The first-order chi connectivity index (χ1) is 15.1. The van der Waals surface area contributed by atoms with Gasteiger partial charge in [-0.3, -0.25) is 4.79 Å². The number of piperidine rings is 1. The molecule has 4 rings (SSSR count). The van der Waals surface area contributed by atoms with E-state index in [2.05, 4.69) is 39.2 Å². The number of hydrogen-bond acceptors (Lipinski definition) is 5. The summed E-state index contributed by atoms with van der Waals surface area (Å²) in [6.07, 6.45) is 5.83. The Labute approximate surface area is 183 Å². The first-order valence-corrected chi connectivity index (χ1v) is 10.8. The second-order valence-electron chi connectivity index (χ2n) is 7.90. The molecule has 1 aliphatic heterocycles. The Bertz CT molecular complexity index is 1010. The molecule has 1 N–H and O–H groups in total. The van der Waals surface area contributed by atoms with Crippen LogP contribution in [0.4, 0.5) is 11.5 Å². The summed E-state index contributed by atoms with van der Waals surface area (Å²) in [5.41, 5.74) is 3.29. The van der Waals surface area contributed by atoms with Crippen LogP contribution in [0, 0.1) is 12.8 Å². The third-order valence-electron chi connectivity index (χ3n) is 5.68. The maximum absolute atomic E-state index is 12.7. The standard InChI is InChI=1S/C25H28N4O2/c1-3-19-6-8-21(9-7-19)28-24(30)20-12-16-29(17-13-20)23-25(27-15-14-26-23)31-22-10-4-18(2)5-11-22/h4-11,14-15,20H,3,12-13,16-17H2,1-2H3,(H,28,30). The molecule has 6 heteroatoms. The molecule has 0 atom stereocenters. The van der Waals surface area contributed by atoms with Crippen LogP contribution in [-0.2, 0) is 11.2 Å². The number of aromatic nitrogens is 2. The third-order valence-corrected chi connectivity index (χ3v) is 5.68. The predicted molar refractivity (Wildman–Crippen MR) is 123 cm³/mol. The van der Waals surface area contributed by atoms with E-state index in [4.69, 9.17) is 4.74 Å². The lowest BCUT2D eigenvalue weighted by molar-refractivity contribution is -0.120. The Morgan fingerprint density at radius 1 is 1.03 bits per heavy atom. The highest BCUT2D eigenvalue weighted by atomic mass is 16.5. The highest BCUT2D eigenvalue weighted by molar-refractivity contribution is 5.92. The molecule has 6 nitrogen and oxygen atoms in total. The third kappa shape index (κ3) is 5.20. The van der Waals surface area contributed by atoms with Gasteiger partial charge in [-0.15, -0.1) is 0 Å². The Morgan fingerprint density at radius 3 is 2.39 bits per heavy atom. The van der Waals surface area contributed by atoms with Crippen molar-refractivity contribution in [3.8, 4) is 11.6 Å². The lowest BCUT2D eigenvalue weighted by atomic mass is 9.95. The molecule has 0 radical (unpaired) electrons. The number of rotatable bonds is 6. The van der Waals surface area contributed by atoms with Gasteiger partial charge in [-0.2, -0.15) is 0 Å². The van der Waals surface area contributed by atoms with Gasteiger partial charge in [-0.05, 0) is 56.0 Å². The molecule has 1 saturated heterocycles. The fourth-order valence-electron chi connectivity index (χ4n) is 3.75. The smallest absolute Gasteiger partial charge is 0.263 e. The molecular weight excluding hydrogens is 388 g/mol. The van der Waals surface area contributed by atoms with Crippen molar-refractivity contribution in [3.63, 3.8) is 0 Å². The second kappa shape index (κ2) is 9.60. The molecule has 2 aromatic carbocycles. The number of hydrogen-bond donors (Lipinski definition) is 1. The molecule has 1 fully saturated rings. The van der Waals surface area contributed by atoms with Crippen LogP contribution in [-0.4, -0.2) is 29.0 Å². The zero-order chi connectivity index (χ0) is 21.6. The molecule has 2 heterocycles.